The van der Waals surface area contributed by atoms with Crippen LogP contribution in [-0.2, 0) is 4.74 Å². The molecule has 3 rings (SSSR count). The maximum Gasteiger partial charge on any atom is 0.376 e. The van der Waals surface area contributed by atoms with E-state index in [2.05, 4.69) is 4.98 Å². The molecule has 0 bridgehead atoms. The number of ether oxygens (including phenoxy) is 1. The van der Waals surface area contributed by atoms with E-state index in [1.807, 2.05) is 5.38 Å². The summed E-state index contributed by atoms with van der Waals surface area (Å²) in [5.74, 6) is 0.500. The zero-order chi connectivity index (χ0) is 13.4. The van der Waals surface area contributed by atoms with Gasteiger partial charge in [-0.3, -0.25) is 0 Å². The van der Waals surface area contributed by atoms with E-state index in [1.165, 1.54) is 11.3 Å². The third-order valence-corrected chi connectivity index (χ3v) is 4.22. The van der Waals surface area contributed by atoms with Crippen LogP contribution in [0, 0.1) is 0 Å². The van der Waals surface area contributed by atoms with Crippen LogP contribution in [-0.4, -0.2) is 17.6 Å². The number of thiophene rings is 1. The Morgan fingerprint density at radius 1 is 1.63 bits per heavy atom. The van der Waals surface area contributed by atoms with Gasteiger partial charge in [0.15, 0.2) is 0 Å². The fraction of sp³-hybridized carbons (Fsp3) is 0.385. The zero-order valence-corrected chi connectivity index (χ0v) is 11.9. The average molecular weight is 298 g/mol. The van der Waals surface area contributed by atoms with E-state index in [9.17, 15) is 4.79 Å². The minimum absolute atomic E-state index is 0.226. The summed E-state index contributed by atoms with van der Waals surface area (Å²) in [5.41, 5.74) is 0.706. The molecule has 2 heterocycles. The monoisotopic (exact) mass is 297 g/mol. The van der Waals surface area contributed by atoms with Crippen molar-refractivity contribution in [1.29, 1.82) is 0 Å². The van der Waals surface area contributed by atoms with Crippen LogP contribution >= 0.6 is 22.9 Å². The highest BCUT2D eigenvalue weighted by Crippen LogP contribution is 2.43. The first-order valence-electron chi connectivity index (χ1n) is 6.12. The van der Waals surface area contributed by atoms with Crippen molar-refractivity contribution < 1.29 is 13.9 Å². The summed E-state index contributed by atoms with van der Waals surface area (Å²) in [5, 5.41) is 2.45. The molecule has 0 amide bonds. The second kappa shape index (κ2) is 4.98. The van der Waals surface area contributed by atoms with Gasteiger partial charge in [0, 0.05) is 5.92 Å². The molecule has 0 N–H and O–H groups in total. The second-order valence-electron chi connectivity index (χ2n) is 4.33. The minimum Gasteiger partial charge on any atom is -0.460 e. The predicted molar refractivity (Wildman–Crippen MR) is 72.8 cm³/mol. The van der Waals surface area contributed by atoms with E-state index in [0.29, 0.717) is 29.1 Å². The van der Waals surface area contributed by atoms with Gasteiger partial charge in [-0.15, -0.1) is 11.3 Å². The number of halogens is 1. The fourth-order valence-corrected chi connectivity index (χ4v) is 2.91. The van der Waals surface area contributed by atoms with Crippen LogP contribution in [0.4, 0.5) is 0 Å². The third kappa shape index (κ3) is 2.40. The first kappa shape index (κ1) is 12.7. The number of carbonyl (C=O) groups is 1. The molecular weight excluding hydrogens is 286 g/mol. The average Bonchev–Trinajstić information content (AvgIpc) is 2.99. The quantitative estimate of drug-likeness (QED) is 0.797. The van der Waals surface area contributed by atoms with Crippen LogP contribution in [0.2, 0.25) is 5.02 Å². The Morgan fingerprint density at radius 3 is 3.00 bits per heavy atom. The normalized spacial score (nSPS) is 14.6. The molecule has 0 radical (unpaired) electrons. The van der Waals surface area contributed by atoms with Crippen molar-refractivity contribution in [2.75, 3.05) is 6.61 Å². The first-order chi connectivity index (χ1) is 9.20. The van der Waals surface area contributed by atoms with E-state index in [1.54, 1.807) is 13.0 Å². The lowest BCUT2D eigenvalue weighted by Crippen LogP contribution is -2.05. The number of nitrogens with zero attached hydrogens (tertiary/aromatic N) is 1. The highest BCUT2D eigenvalue weighted by atomic mass is 35.5. The maximum atomic E-state index is 11.9. The van der Waals surface area contributed by atoms with Gasteiger partial charge in [-0.1, -0.05) is 11.6 Å². The fourth-order valence-electron chi connectivity index (χ4n) is 1.85. The summed E-state index contributed by atoms with van der Waals surface area (Å²) < 4.78 is 10.6. The molecule has 4 nitrogen and oxygen atoms in total. The Balaban J connectivity index is 2.01. The van der Waals surface area contributed by atoms with Gasteiger partial charge in [0.2, 0.25) is 11.7 Å². The molecular formula is C13H12ClNO3S. The van der Waals surface area contributed by atoms with Gasteiger partial charge in [-0.25, -0.2) is 9.78 Å². The van der Waals surface area contributed by atoms with Gasteiger partial charge in [-0.05, 0) is 31.2 Å². The van der Waals surface area contributed by atoms with Crippen molar-refractivity contribution in [3.8, 4) is 10.8 Å². The van der Waals surface area contributed by atoms with E-state index < -0.39 is 5.97 Å². The van der Waals surface area contributed by atoms with Gasteiger partial charge < -0.3 is 9.15 Å². The summed E-state index contributed by atoms with van der Waals surface area (Å²) in [4.78, 5) is 17.1. The predicted octanol–water partition coefficient (Wildman–Crippen LogP) is 4.11. The first-order valence-corrected chi connectivity index (χ1v) is 7.37. The zero-order valence-electron chi connectivity index (χ0n) is 10.3. The molecule has 6 heteroatoms. The van der Waals surface area contributed by atoms with Crippen LogP contribution < -0.4 is 0 Å². The van der Waals surface area contributed by atoms with E-state index in [-0.39, 0.29) is 5.76 Å². The maximum absolute atomic E-state index is 11.9. The summed E-state index contributed by atoms with van der Waals surface area (Å²) in [7, 11) is 0. The molecule has 0 unspecified atom stereocenters. The van der Waals surface area contributed by atoms with E-state index in [4.69, 9.17) is 20.8 Å². The Bertz CT molecular complexity index is 615. The van der Waals surface area contributed by atoms with Crippen molar-refractivity contribution in [3.05, 3.63) is 27.9 Å². The Hall–Kier alpha value is -1.33. The second-order valence-corrected chi connectivity index (χ2v) is 5.65. The van der Waals surface area contributed by atoms with Crippen LogP contribution in [0.3, 0.4) is 0 Å². The lowest BCUT2D eigenvalue weighted by Gasteiger charge is -1.98. The molecule has 2 aromatic rings. The van der Waals surface area contributed by atoms with E-state index in [0.717, 1.165) is 17.7 Å². The number of hydrogen-bond acceptors (Lipinski definition) is 5. The summed E-state index contributed by atoms with van der Waals surface area (Å²) >= 11 is 7.51. The number of rotatable bonds is 4. The molecule has 2 aromatic heterocycles. The van der Waals surface area contributed by atoms with Crippen LogP contribution in [0.1, 0.15) is 41.9 Å². The number of oxazole rings is 1. The minimum atomic E-state index is -0.448. The highest BCUT2D eigenvalue weighted by molar-refractivity contribution is 7.14. The van der Waals surface area contributed by atoms with Crippen molar-refractivity contribution >= 4 is 28.9 Å². The molecule has 19 heavy (non-hydrogen) atoms. The number of esters is 1. The summed E-state index contributed by atoms with van der Waals surface area (Å²) in [6.07, 6.45) is 2.08. The third-order valence-electron chi connectivity index (χ3n) is 2.89. The standard InChI is InChI=1S/C13H12ClNO3S/c1-2-17-13(16)10-9(7-3-4-7)15-12(18-10)11-8(14)5-6-19-11/h5-7H,2-4H2,1H3. The molecule has 1 aliphatic rings. The van der Waals surface area contributed by atoms with Crippen molar-refractivity contribution in [2.45, 2.75) is 25.7 Å². The van der Waals surface area contributed by atoms with Crippen molar-refractivity contribution in [2.24, 2.45) is 0 Å². The molecule has 0 spiro atoms. The van der Waals surface area contributed by atoms with Crippen LogP contribution in [0.5, 0.6) is 0 Å². The molecule has 1 aliphatic carbocycles. The smallest absolute Gasteiger partial charge is 0.376 e. The lowest BCUT2D eigenvalue weighted by molar-refractivity contribution is 0.0489. The molecule has 0 aromatic carbocycles. The number of aromatic nitrogens is 1. The number of carbonyl (C=O) groups excluding carboxylic acids is 1. The molecule has 1 fully saturated rings. The topological polar surface area (TPSA) is 52.3 Å². The Labute approximate surface area is 119 Å². The van der Waals surface area contributed by atoms with Gasteiger partial charge >= 0.3 is 5.97 Å². The molecule has 0 aliphatic heterocycles. The van der Waals surface area contributed by atoms with Crippen molar-refractivity contribution in [1.82, 2.24) is 4.98 Å². The molecule has 1 saturated carbocycles. The lowest BCUT2D eigenvalue weighted by atomic mass is 10.2. The Kier molecular flexibility index (Phi) is 3.33. The molecule has 0 atom stereocenters. The highest BCUT2D eigenvalue weighted by Gasteiger charge is 2.34. The molecule has 100 valence electrons. The van der Waals surface area contributed by atoms with Gasteiger partial charge in [0.05, 0.1) is 17.3 Å². The van der Waals surface area contributed by atoms with E-state index >= 15 is 0 Å². The van der Waals surface area contributed by atoms with Gasteiger partial charge in [0.1, 0.15) is 4.88 Å². The Morgan fingerprint density at radius 2 is 2.42 bits per heavy atom. The molecule has 0 saturated heterocycles. The van der Waals surface area contributed by atoms with Crippen LogP contribution in [0.15, 0.2) is 15.9 Å². The largest absolute Gasteiger partial charge is 0.460 e. The van der Waals surface area contributed by atoms with Crippen molar-refractivity contribution in [3.63, 3.8) is 0 Å². The summed E-state index contributed by atoms with van der Waals surface area (Å²) in [6, 6.07) is 1.78. The number of hydrogen-bond donors (Lipinski definition) is 0. The van der Waals surface area contributed by atoms with Gasteiger partial charge in [0.25, 0.3) is 0 Å². The van der Waals surface area contributed by atoms with Crippen LogP contribution in [0.25, 0.3) is 10.8 Å². The van der Waals surface area contributed by atoms with Gasteiger partial charge in [-0.2, -0.15) is 0 Å². The summed E-state index contributed by atoms with van der Waals surface area (Å²) in [6.45, 7) is 2.08. The SMILES string of the molecule is CCOC(=O)c1oc(-c2sccc2Cl)nc1C1CC1.